The molecule has 124 valence electrons. The fraction of sp³-hybridized carbons (Fsp3) is 0.353. The fourth-order valence-electron chi connectivity index (χ4n) is 3.16. The third-order valence-corrected chi connectivity index (χ3v) is 4.10. The molecule has 0 radical (unpaired) electrons. The predicted octanol–water partition coefficient (Wildman–Crippen LogP) is 3.04. The topological polar surface area (TPSA) is 64.3 Å². The Kier molecular flexibility index (Phi) is 3.65. The van der Waals surface area contributed by atoms with E-state index in [0.29, 0.717) is 35.7 Å². The summed E-state index contributed by atoms with van der Waals surface area (Å²) < 4.78 is 25.9. The Balaban J connectivity index is 1.77. The molecule has 1 aliphatic heterocycles. The van der Waals surface area contributed by atoms with E-state index >= 15 is 0 Å². The maximum Gasteiger partial charge on any atom is 0.205 e. The molecule has 24 heavy (non-hydrogen) atoms. The van der Waals surface area contributed by atoms with Gasteiger partial charge in [0, 0.05) is 25.5 Å². The summed E-state index contributed by atoms with van der Waals surface area (Å²) in [4.78, 5) is 10.3. The van der Waals surface area contributed by atoms with Crippen molar-refractivity contribution in [2.75, 3.05) is 18.0 Å². The van der Waals surface area contributed by atoms with Gasteiger partial charge in [-0.15, -0.1) is 0 Å². The number of hydrogen-bond acceptors (Lipinski definition) is 6. The standard InChI is InChI=1S/C17H17FN4O2/c1-10-8-22(9-11(2)23-10)13-5-4-12-15(17-19-6-3-7-20-17)21-24-16(12)14(13)18/h3-7,10-11H,8-9H2,1-2H3/t10-,11+. The molecule has 7 heteroatoms. The SMILES string of the molecule is C[C@@H]1CN(c2ccc3c(-c4ncccn4)noc3c2F)C[C@H](C)O1. The number of halogens is 1. The second-order valence-electron chi connectivity index (χ2n) is 6.04. The van der Waals surface area contributed by atoms with Gasteiger partial charge in [-0.25, -0.2) is 14.4 Å². The zero-order chi connectivity index (χ0) is 16.7. The van der Waals surface area contributed by atoms with E-state index in [1.54, 1.807) is 30.6 Å². The number of nitrogens with zero attached hydrogens (tertiary/aromatic N) is 4. The third-order valence-electron chi connectivity index (χ3n) is 4.10. The summed E-state index contributed by atoms with van der Waals surface area (Å²) in [5.41, 5.74) is 1.07. The summed E-state index contributed by atoms with van der Waals surface area (Å²) in [7, 11) is 0. The number of fused-ring (bicyclic) bond motifs is 1. The molecule has 6 nitrogen and oxygen atoms in total. The van der Waals surface area contributed by atoms with Gasteiger partial charge in [-0.1, -0.05) is 5.16 Å². The molecule has 0 aliphatic carbocycles. The van der Waals surface area contributed by atoms with Crippen molar-refractivity contribution in [1.82, 2.24) is 15.1 Å². The molecule has 0 bridgehead atoms. The van der Waals surface area contributed by atoms with Crippen LogP contribution >= 0.6 is 0 Å². The highest BCUT2D eigenvalue weighted by molar-refractivity contribution is 5.92. The van der Waals surface area contributed by atoms with E-state index in [1.165, 1.54) is 0 Å². The molecule has 2 aromatic heterocycles. The fourth-order valence-corrected chi connectivity index (χ4v) is 3.16. The summed E-state index contributed by atoms with van der Waals surface area (Å²) in [6.07, 6.45) is 3.33. The molecule has 1 aromatic carbocycles. The maximum absolute atomic E-state index is 15.0. The molecule has 3 aromatic rings. The van der Waals surface area contributed by atoms with Crippen LogP contribution in [0.15, 0.2) is 35.1 Å². The van der Waals surface area contributed by atoms with Crippen LogP contribution in [0.1, 0.15) is 13.8 Å². The van der Waals surface area contributed by atoms with E-state index in [0.717, 1.165) is 0 Å². The van der Waals surface area contributed by atoms with Gasteiger partial charge in [0.15, 0.2) is 17.3 Å². The van der Waals surface area contributed by atoms with Crippen LogP contribution in [-0.4, -0.2) is 40.4 Å². The summed E-state index contributed by atoms with van der Waals surface area (Å²) in [6.45, 7) is 5.24. The average Bonchev–Trinajstić information content (AvgIpc) is 3.00. The van der Waals surface area contributed by atoms with Gasteiger partial charge in [0.05, 0.1) is 23.3 Å². The van der Waals surface area contributed by atoms with Crippen molar-refractivity contribution in [2.45, 2.75) is 26.1 Å². The lowest BCUT2D eigenvalue weighted by molar-refractivity contribution is -0.00539. The van der Waals surface area contributed by atoms with Gasteiger partial charge >= 0.3 is 0 Å². The van der Waals surface area contributed by atoms with Crippen molar-refractivity contribution in [3.63, 3.8) is 0 Å². The van der Waals surface area contributed by atoms with Gasteiger partial charge in [0.1, 0.15) is 0 Å². The van der Waals surface area contributed by atoms with Crippen molar-refractivity contribution in [2.24, 2.45) is 0 Å². The van der Waals surface area contributed by atoms with E-state index in [4.69, 9.17) is 9.26 Å². The smallest absolute Gasteiger partial charge is 0.205 e. The minimum atomic E-state index is -0.413. The Labute approximate surface area is 138 Å². The first kappa shape index (κ1) is 15.0. The minimum Gasteiger partial charge on any atom is -0.372 e. The monoisotopic (exact) mass is 328 g/mol. The molecular weight excluding hydrogens is 311 g/mol. The first-order valence-corrected chi connectivity index (χ1v) is 7.89. The molecule has 3 heterocycles. The maximum atomic E-state index is 15.0. The highest BCUT2D eigenvalue weighted by Crippen LogP contribution is 2.33. The van der Waals surface area contributed by atoms with E-state index in [9.17, 15) is 4.39 Å². The van der Waals surface area contributed by atoms with Crippen molar-refractivity contribution < 1.29 is 13.7 Å². The lowest BCUT2D eigenvalue weighted by Crippen LogP contribution is -2.45. The van der Waals surface area contributed by atoms with Gasteiger partial charge in [-0.3, -0.25) is 0 Å². The number of rotatable bonds is 2. The van der Waals surface area contributed by atoms with Crippen LogP contribution in [0.5, 0.6) is 0 Å². The van der Waals surface area contributed by atoms with Gasteiger partial charge < -0.3 is 14.2 Å². The summed E-state index contributed by atoms with van der Waals surface area (Å²) in [5.74, 6) is 0.000461. The third kappa shape index (κ3) is 2.50. The van der Waals surface area contributed by atoms with Gasteiger partial charge in [0.25, 0.3) is 0 Å². The van der Waals surface area contributed by atoms with E-state index in [1.807, 2.05) is 18.7 Å². The van der Waals surface area contributed by atoms with Crippen LogP contribution in [0.3, 0.4) is 0 Å². The second-order valence-corrected chi connectivity index (χ2v) is 6.04. The molecular formula is C17H17FN4O2. The molecule has 1 fully saturated rings. The summed E-state index contributed by atoms with van der Waals surface area (Å²) in [5, 5.41) is 4.53. The average molecular weight is 328 g/mol. The normalized spacial score (nSPS) is 21.4. The summed E-state index contributed by atoms with van der Waals surface area (Å²) >= 11 is 0. The largest absolute Gasteiger partial charge is 0.372 e. The highest BCUT2D eigenvalue weighted by atomic mass is 19.1. The molecule has 1 saturated heterocycles. The molecule has 0 amide bonds. The Morgan fingerprint density at radius 2 is 1.83 bits per heavy atom. The molecule has 4 rings (SSSR count). The molecule has 0 saturated carbocycles. The van der Waals surface area contributed by atoms with Crippen molar-refractivity contribution in [3.05, 3.63) is 36.4 Å². The Morgan fingerprint density at radius 3 is 2.54 bits per heavy atom. The van der Waals surface area contributed by atoms with Crippen LogP contribution in [0.2, 0.25) is 0 Å². The Hall–Kier alpha value is -2.54. The van der Waals surface area contributed by atoms with Gasteiger partial charge in [0.2, 0.25) is 5.58 Å². The van der Waals surface area contributed by atoms with Crippen molar-refractivity contribution >= 4 is 16.7 Å². The zero-order valence-corrected chi connectivity index (χ0v) is 13.4. The number of benzene rings is 1. The highest BCUT2D eigenvalue weighted by Gasteiger charge is 2.26. The predicted molar refractivity (Wildman–Crippen MR) is 87.2 cm³/mol. The van der Waals surface area contributed by atoms with E-state index in [-0.39, 0.29) is 17.8 Å². The van der Waals surface area contributed by atoms with Crippen molar-refractivity contribution in [3.8, 4) is 11.5 Å². The molecule has 0 spiro atoms. The lowest BCUT2D eigenvalue weighted by Gasteiger charge is -2.36. The number of aromatic nitrogens is 3. The molecule has 0 unspecified atom stereocenters. The first-order chi connectivity index (χ1) is 11.6. The van der Waals surface area contributed by atoms with E-state index in [2.05, 4.69) is 15.1 Å². The number of ether oxygens (including phenoxy) is 1. The van der Waals surface area contributed by atoms with Crippen LogP contribution in [0.25, 0.3) is 22.5 Å². The Bertz CT molecular complexity index is 858. The van der Waals surface area contributed by atoms with Gasteiger partial charge in [-0.05, 0) is 32.0 Å². The van der Waals surface area contributed by atoms with Crippen LogP contribution in [0, 0.1) is 5.82 Å². The number of hydrogen-bond donors (Lipinski definition) is 0. The van der Waals surface area contributed by atoms with Crippen LogP contribution in [-0.2, 0) is 4.74 Å². The minimum absolute atomic E-state index is 0.0480. The van der Waals surface area contributed by atoms with Crippen molar-refractivity contribution in [1.29, 1.82) is 0 Å². The quantitative estimate of drug-likeness (QED) is 0.720. The zero-order valence-electron chi connectivity index (χ0n) is 13.4. The van der Waals surface area contributed by atoms with Crippen LogP contribution < -0.4 is 4.90 Å². The number of anilines is 1. The molecule has 0 N–H and O–H groups in total. The van der Waals surface area contributed by atoms with Crippen LogP contribution in [0.4, 0.5) is 10.1 Å². The molecule has 1 aliphatic rings. The molecule has 2 atom stereocenters. The summed E-state index contributed by atoms with van der Waals surface area (Å²) in [6, 6.07) is 5.28. The van der Waals surface area contributed by atoms with E-state index < -0.39 is 5.82 Å². The van der Waals surface area contributed by atoms with Gasteiger partial charge in [-0.2, -0.15) is 0 Å². The lowest BCUT2D eigenvalue weighted by atomic mass is 10.1. The second kappa shape index (κ2) is 5.83. The number of morpholine rings is 1. The first-order valence-electron chi connectivity index (χ1n) is 7.89. The Morgan fingerprint density at radius 1 is 1.12 bits per heavy atom.